The maximum atomic E-state index is 12.9. The molecule has 3 unspecified atom stereocenters. The highest BCUT2D eigenvalue weighted by molar-refractivity contribution is 7.47. The number of esters is 3. The quantitative estimate of drug-likeness (QED) is 0.0197. The summed E-state index contributed by atoms with van der Waals surface area (Å²) in [5.41, 5.74) is 0. The minimum atomic E-state index is -4.80. The first-order chi connectivity index (χ1) is 40.2. The van der Waals surface area contributed by atoms with Crippen molar-refractivity contribution in [2.75, 3.05) is 26.4 Å². The molecule has 0 aromatic rings. The molecule has 0 aliphatic heterocycles. The Labute approximate surface area is 498 Å². The molecular weight excluding hydrogens is 1050 g/mol. The second-order valence-electron chi connectivity index (χ2n) is 20.1. The van der Waals surface area contributed by atoms with Crippen LogP contribution in [0, 0.1) is 0 Å². The first-order valence-electron chi connectivity index (χ1n) is 31.4. The van der Waals surface area contributed by atoms with E-state index in [1.165, 1.54) is 38.5 Å². The van der Waals surface area contributed by atoms with Crippen LogP contribution in [0.25, 0.3) is 0 Å². The van der Waals surface area contributed by atoms with Crippen LogP contribution in [0.2, 0.25) is 0 Å². The fourth-order valence-corrected chi connectivity index (χ4v) is 8.52. The van der Waals surface area contributed by atoms with Crippen molar-refractivity contribution in [1.29, 1.82) is 0 Å². The zero-order valence-corrected chi connectivity index (χ0v) is 52.0. The molecule has 0 aliphatic carbocycles. The topological polar surface area (TPSA) is 155 Å². The van der Waals surface area contributed by atoms with Gasteiger partial charge in [-0.3, -0.25) is 23.4 Å². The number of ether oxygens (including phenoxy) is 3. The van der Waals surface area contributed by atoms with E-state index in [-0.39, 0.29) is 25.9 Å². The van der Waals surface area contributed by atoms with E-state index in [2.05, 4.69) is 167 Å². The van der Waals surface area contributed by atoms with Crippen LogP contribution in [0.5, 0.6) is 0 Å². The molecule has 0 saturated carbocycles. The van der Waals surface area contributed by atoms with E-state index in [1.54, 1.807) is 0 Å². The lowest BCUT2D eigenvalue weighted by Gasteiger charge is -2.21. The number of carbonyl (C=O) groups excluding carboxylic acids is 3. The fraction of sp³-hybridized carbons (Fsp3) is 0.586. The molecule has 0 amide bonds. The lowest BCUT2D eigenvalue weighted by molar-refractivity contribution is -0.161. The number of hydrogen-bond acceptors (Lipinski definition) is 10. The number of aliphatic hydroxyl groups is 1. The summed E-state index contributed by atoms with van der Waals surface area (Å²) in [6, 6.07) is 0. The van der Waals surface area contributed by atoms with Crippen molar-refractivity contribution in [1.82, 2.24) is 0 Å². The number of phosphoric ester groups is 1. The lowest BCUT2D eigenvalue weighted by atomic mass is 10.1. The summed E-state index contributed by atoms with van der Waals surface area (Å²) < 4.78 is 39.5. The summed E-state index contributed by atoms with van der Waals surface area (Å²) >= 11 is 0. The van der Waals surface area contributed by atoms with Gasteiger partial charge in [0, 0.05) is 19.3 Å². The molecule has 3 atom stereocenters. The average molecular weight is 1160 g/mol. The molecule has 2 N–H and O–H groups in total. The molecule has 0 heterocycles. The Bertz CT molecular complexity index is 1980. The van der Waals surface area contributed by atoms with Crippen molar-refractivity contribution in [2.24, 2.45) is 0 Å². The van der Waals surface area contributed by atoms with Gasteiger partial charge in [0.2, 0.25) is 0 Å². The maximum Gasteiger partial charge on any atom is 0.472 e. The minimum Gasteiger partial charge on any atom is -0.462 e. The molecule has 0 aromatic carbocycles. The van der Waals surface area contributed by atoms with E-state index in [0.29, 0.717) is 25.7 Å². The SMILES string of the molecule is CC/C=C\C/C=C\C/C=C\C/C=C\C/C=C\C/C=C\CCC(=O)OC(COC(=O)CCCCCCCCC/C=C\C/C=C\CCCCC)COP(=O)(O)OCC(CO)OC(=O)CCCCC/C=C\C/C=C\C/C=C\C/C=C\C/C=C\CC. The smallest absolute Gasteiger partial charge is 0.462 e. The number of hydrogen-bond donors (Lipinski definition) is 2. The van der Waals surface area contributed by atoms with Crippen LogP contribution in [0.4, 0.5) is 0 Å². The lowest BCUT2D eigenvalue weighted by Crippen LogP contribution is -2.30. The van der Waals surface area contributed by atoms with Gasteiger partial charge in [-0.15, -0.1) is 0 Å². The number of aliphatic hydroxyl groups excluding tert-OH is 1. The fourth-order valence-electron chi connectivity index (χ4n) is 7.73. The molecule has 82 heavy (non-hydrogen) atoms. The molecule has 0 spiro atoms. The molecule has 0 radical (unpaired) electrons. The van der Waals surface area contributed by atoms with Crippen LogP contribution >= 0.6 is 7.82 Å². The Balaban J connectivity index is 4.88. The summed E-state index contributed by atoms with van der Waals surface area (Å²) in [5, 5.41) is 9.85. The van der Waals surface area contributed by atoms with Crippen molar-refractivity contribution in [2.45, 2.75) is 238 Å². The summed E-state index contributed by atoms with van der Waals surface area (Å²) in [5.74, 6) is -1.63. The van der Waals surface area contributed by atoms with E-state index < -0.39 is 57.8 Å². The second kappa shape index (κ2) is 62.2. The second-order valence-corrected chi connectivity index (χ2v) is 21.6. The maximum absolute atomic E-state index is 12.9. The standard InChI is InChI=1S/C70H111O11P/c1-4-7-10-13-16-19-22-25-28-31-33-36-39-42-45-48-51-54-57-60-69(73)80-66(62-71)64-78-82(75,76)79-65-67(63-77-68(72)59-56-53-50-47-44-41-38-35-30-27-24-21-18-15-12-9-6-3)81-70(74)61-58-55-52-49-46-43-40-37-34-32-29-26-23-20-17-14-11-8-5-2/h7-8,10-11,16-21,25-30,33-34,36-37,42-43,45-46,52,55,66-67,71H,4-6,9,12-15,22-24,31-32,35,38-41,44,47-51,53-54,56-65H2,1-3H3,(H,75,76)/b10-7-,11-8-,19-16-,20-17-,21-18-,28-25-,29-26-,30-27-,36-33-,37-34-,45-42-,46-43-,55-52-. The van der Waals surface area contributed by atoms with Gasteiger partial charge in [-0.25, -0.2) is 4.57 Å². The van der Waals surface area contributed by atoms with Crippen LogP contribution in [0.15, 0.2) is 158 Å². The normalized spacial score (nSPS) is 14.4. The number of carbonyl (C=O) groups is 3. The summed E-state index contributed by atoms with van der Waals surface area (Å²) in [6.45, 7) is 4.25. The third-order valence-corrected chi connectivity index (χ3v) is 13.4. The third-order valence-electron chi connectivity index (χ3n) is 12.4. The minimum absolute atomic E-state index is 0.0291. The largest absolute Gasteiger partial charge is 0.472 e. The average Bonchev–Trinajstić information content (AvgIpc) is 3.50. The molecule has 0 fully saturated rings. The van der Waals surface area contributed by atoms with Gasteiger partial charge in [0.05, 0.1) is 19.8 Å². The van der Waals surface area contributed by atoms with Crippen LogP contribution in [-0.2, 0) is 42.2 Å². The van der Waals surface area contributed by atoms with Crippen molar-refractivity contribution >= 4 is 25.7 Å². The highest BCUT2D eigenvalue weighted by atomic mass is 31.2. The van der Waals surface area contributed by atoms with Crippen LogP contribution in [0.1, 0.15) is 226 Å². The van der Waals surface area contributed by atoms with Crippen molar-refractivity contribution < 1.29 is 52.2 Å². The van der Waals surface area contributed by atoms with E-state index >= 15 is 0 Å². The zero-order chi connectivity index (χ0) is 59.8. The molecule has 0 saturated heterocycles. The predicted molar refractivity (Wildman–Crippen MR) is 343 cm³/mol. The van der Waals surface area contributed by atoms with Crippen molar-refractivity contribution in [3.05, 3.63) is 158 Å². The van der Waals surface area contributed by atoms with Crippen LogP contribution in [0.3, 0.4) is 0 Å². The Kier molecular flexibility index (Phi) is 58.4. The number of unbranched alkanes of at least 4 members (excludes halogenated alkanes) is 13. The highest BCUT2D eigenvalue weighted by Crippen LogP contribution is 2.43. The third kappa shape index (κ3) is 59.7. The van der Waals surface area contributed by atoms with E-state index in [0.717, 1.165) is 122 Å². The Morgan fingerprint density at radius 2 is 0.659 bits per heavy atom. The number of phosphoric acid groups is 1. The predicted octanol–water partition coefficient (Wildman–Crippen LogP) is 19.3. The van der Waals surface area contributed by atoms with Gasteiger partial charge >= 0.3 is 25.7 Å². The van der Waals surface area contributed by atoms with Gasteiger partial charge in [-0.2, -0.15) is 0 Å². The Hall–Kier alpha value is -4.90. The molecule has 12 heteroatoms. The number of allylic oxidation sites excluding steroid dienone is 26. The van der Waals surface area contributed by atoms with E-state index in [4.69, 9.17) is 23.3 Å². The summed E-state index contributed by atoms with van der Waals surface area (Å²) in [6.07, 6.45) is 82.1. The molecule has 0 aliphatic rings. The van der Waals surface area contributed by atoms with Crippen molar-refractivity contribution in [3.8, 4) is 0 Å². The van der Waals surface area contributed by atoms with Gasteiger partial charge < -0.3 is 24.2 Å². The Morgan fingerprint density at radius 3 is 1.06 bits per heavy atom. The highest BCUT2D eigenvalue weighted by Gasteiger charge is 2.28. The molecular formula is C70H111O11P. The van der Waals surface area contributed by atoms with Gasteiger partial charge in [0.15, 0.2) is 6.10 Å². The van der Waals surface area contributed by atoms with E-state index in [9.17, 15) is 28.9 Å². The number of rotatable bonds is 56. The van der Waals surface area contributed by atoms with Gasteiger partial charge in [-0.1, -0.05) is 230 Å². The van der Waals surface area contributed by atoms with Gasteiger partial charge in [0.25, 0.3) is 0 Å². The molecule has 462 valence electrons. The van der Waals surface area contributed by atoms with E-state index in [1.807, 2.05) is 12.2 Å². The van der Waals surface area contributed by atoms with Crippen LogP contribution < -0.4 is 0 Å². The summed E-state index contributed by atoms with van der Waals surface area (Å²) in [7, 11) is -4.80. The summed E-state index contributed by atoms with van der Waals surface area (Å²) in [4.78, 5) is 48.7. The zero-order valence-electron chi connectivity index (χ0n) is 51.1. The van der Waals surface area contributed by atoms with Crippen LogP contribution in [-0.4, -0.2) is 66.5 Å². The first kappa shape index (κ1) is 77.1. The van der Waals surface area contributed by atoms with Crippen molar-refractivity contribution in [3.63, 3.8) is 0 Å². The Morgan fingerprint density at radius 1 is 0.354 bits per heavy atom. The molecule has 0 bridgehead atoms. The monoisotopic (exact) mass is 1160 g/mol. The van der Waals surface area contributed by atoms with Gasteiger partial charge in [-0.05, 0) is 135 Å². The molecule has 11 nitrogen and oxygen atoms in total. The van der Waals surface area contributed by atoms with Gasteiger partial charge in [0.1, 0.15) is 12.7 Å². The first-order valence-corrected chi connectivity index (χ1v) is 32.9. The molecule has 0 rings (SSSR count). The molecule has 0 aromatic heterocycles.